The van der Waals surface area contributed by atoms with Crippen LogP contribution < -0.4 is 0 Å². The average Bonchev–Trinajstić information content (AvgIpc) is 3.26. The van der Waals surface area contributed by atoms with Crippen LogP contribution in [0.3, 0.4) is 0 Å². The smallest absolute Gasteiger partial charge is 0.457 e. The Labute approximate surface area is 378 Å². The van der Waals surface area contributed by atoms with Gasteiger partial charge in [-0.3, -0.25) is 13.8 Å². The summed E-state index contributed by atoms with van der Waals surface area (Å²) < 4.78 is 33.5. The van der Waals surface area contributed by atoms with Crippen LogP contribution in [0.2, 0.25) is 0 Å². The maximum absolute atomic E-state index is 12.7. The molecule has 10 heteroatoms. The Bertz CT molecular complexity index is 1280. The zero-order chi connectivity index (χ0) is 45.3. The molecule has 0 rings (SSSR count). The highest BCUT2D eigenvalue weighted by molar-refractivity contribution is 7.47. The summed E-state index contributed by atoms with van der Waals surface area (Å²) in [5.74, 6) is -0.408. The number of allylic oxidation sites excluding steroid dienone is 16. The molecule has 0 aromatic heterocycles. The van der Waals surface area contributed by atoms with Gasteiger partial charge in [0.25, 0.3) is 0 Å². The van der Waals surface area contributed by atoms with E-state index in [0.29, 0.717) is 13.0 Å². The number of phosphoric ester groups is 1. The van der Waals surface area contributed by atoms with Crippen molar-refractivity contribution in [2.75, 3.05) is 33.0 Å². The number of hydrogen-bond acceptors (Lipinski definition) is 8. The molecule has 0 aromatic rings. The van der Waals surface area contributed by atoms with E-state index in [2.05, 4.69) is 111 Å². The second-order valence-electron chi connectivity index (χ2n) is 15.7. The molecule has 0 bridgehead atoms. The number of aliphatic hydroxyl groups excluding tert-OH is 2. The highest BCUT2D eigenvalue weighted by Crippen LogP contribution is 2.43. The summed E-state index contributed by atoms with van der Waals surface area (Å²) >= 11 is 0. The summed E-state index contributed by atoms with van der Waals surface area (Å²) in [6, 6.07) is 0. The molecule has 0 saturated carbocycles. The number of ether oxygens (including phenoxy) is 2. The third-order valence-corrected chi connectivity index (χ3v) is 10.7. The lowest BCUT2D eigenvalue weighted by Gasteiger charge is -2.20. The van der Waals surface area contributed by atoms with Gasteiger partial charge in [-0.05, 0) is 96.3 Å². The van der Waals surface area contributed by atoms with Crippen molar-refractivity contribution in [1.82, 2.24) is 0 Å². The summed E-state index contributed by atoms with van der Waals surface area (Å²) in [5.41, 5.74) is 0. The first-order valence-corrected chi connectivity index (χ1v) is 25.7. The Balaban J connectivity index is 4.21. The molecule has 3 N–H and O–H groups in total. The molecule has 356 valence electrons. The van der Waals surface area contributed by atoms with Crippen LogP contribution in [0.5, 0.6) is 0 Å². The molecular weight excluding hydrogens is 800 g/mol. The van der Waals surface area contributed by atoms with Crippen molar-refractivity contribution >= 4 is 13.8 Å². The van der Waals surface area contributed by atoms with E-state index in [9.17, 15) is 19.4 Å². The Hall–Kier alpha value is -2.62. The minimum absolute atomic E-state index is 0.0281. The van der Waals surface area contributed by atoms with Gasteiger partial charge in [0, 0.05) is 13.0 Å². The molecule has 3 unspecified atom stereocenters. The van der Waals surface area contributed by atoms with E-state index in [1.54, 1.807) is 0 Å². The first kappa shape index (κ1) is 59.4. The summed E-state index contributed by atoms with van der Waals surface area (Å²) in [5, 5.41) is 18.4. The van der Waals surface area contributed by atoms with Crippen molar-refractivity contribution in [2.24, 2.45) is 0 Å². The number of phosphoric acid groups is 1. The molecular formula is C52H89O9P. The molecule has 0 heterocycles. The van der Waals surface area contributed by atoms with Gasteiger partial charge in [0.1, 0.15) is 12.2 Å². The zero-order valence-electron chi connectivity index (χ0n) is 39.1. The number of aliphatic hydroxyl groups is 2. The molecule has 0 aliphatic rings. The van der Waals surface area contributed by atoms with Crippen LogP contribution in [0.15, 0.2) is 97.2 Å². The monoisotopic (exact) mass is 889 g/mol. The number of carbonyl (C=O) groups excluding carboxylic acids is 1. The maximum Gasteiger partial charge on any atom is 0.472 e. The van der Waals surface area contributed by atoms with Crippen molar-refractivity contribution in [3.05, 3.63) is 97.2 Å². The molecule has 0 aliphatic heterocycles. The average molecular weight is 889 g/mol. The van der Waals surface area contributed by atoms with Crippen LogP contribution in [-0.4, -0.2) is 66.3 Å². The van der Waals surface area contributed by atoms with Gasteiger partial charge in [0.05, 0.1) is 26.4 Å². The van der Waals surface area contributed by atoms with E-state index in [1.165, 1.54) is 51.4 Å². The highest BCUT2D eigenvalue weighted by Gasteiger charge is 2.26. The standard InChI is InChI=1S/C52H89O9P/c1-3-5-7-9-11-13-15-17-19-21-23-25-26-28-30-32-34-36-38-40-42-44-52(55)61-51(49-60-62(56,57)59-47-50(54)46-53)48-58-45-43-41-39-37-35-33-31-29-27-24-22-20-18-16-14-12-10-8-6-4-2/h5,7,11-14,17-20,23-25,27-28,30,50-51,53-54H,3-4,6,8-10,15-16,21-22,26,29,31-49H2,1-2H3,(H,56,57)/b7-5-,13-11-,14-12-,19-17-,20-18-,25-23-,27-24-,30-28-. The van der Waals surface area contributed by atoms with Crippen molar-refractivity contribution in [3.63, 3.8) is 0 Å². The fourth-order valence-electron chi connectivity index (χ4n) is 6.09. The van der Waals surface area contributed by atoms with Crippen LogP contribution in [-0.2, 0) is 27.9 Å². The molecule has 0 amide bonds. The lowest BCUT2D eigenvalue weighted by Crippen LogP contribution is -2.29. The third-order valence-electron chi connectivity index (χ3n) is 9.75. The van der Waals surface area contributed by atoms with Crippen molar-refractivity contribution in [3.8, 4) is 0 Å². The Morgan fingerprint density at radius 2 is 0.919 bits per heavy atom. The molecule has 0 aliphatic carbocycles. The normalized spacial score (nSPS) is 14.7. The van der Waals surface area contributed by atoms with Gasteiger partial charge >= 0.3 is 13.8 Å². The molecule has 9 nitrogen and oxygen atoms in total. The van der Waals surface area contributed by atoms with E-state index in [0.717, 1.165) is 103 Å². The Morgan fingerprint density at radius 3 is 1.39 bits per heavy atom. The summed E-state index contributed by atoms with van der Waals surface area (Å²) in [7, 11) is -4.54. The predicted octanol–water partition coefficient (Wildman–Crippen LogP) is 14.0. The molecule has 0 radical (unpaired) electrons. The van der Waals surface area contributed by atoms with Gasteiger partial charge in [-0.15, -0.1) is 0 Å². The van der Waals surface area contributed by atoms with E-state index in [1.807, 2.05) is 0 Å². The van der Waals surface area contributed by atoms with Gasteiger partial charge in [0.2, 0.25) is 0 Å². The van der Waals surface area contributed by atoms with Crippen LogP contribution in [0.25, 0.3) is 0 Å². The van der Waals surface area contributed by atoms with Crippen LogP contribution in [0.4, 0.5) is 0 Å². The second-order valence-corrected chi connectivity index (χ2v) is 17.2. The lowest BCUT2D eigenvalue weighted by atomic mass is 10.1. The largest absolute Gasteiger partial charge is 0.472 e. The summed E-state index contributed by atoms with van der Waals surface area (Å²) in [6.45, 7) is 3.31. The van der Waals surface area contributed by atoms with E-state index in [4.69, 9.17) is 23.6 Å². The Kier molecular flexibility index (Phi) is 45.8. The van der Waals surface area contributed by atoms with E-state index >= 15 is 0 Å². The SMILES string of the molecule is CC/C=C\C/C=C\C/C=C\C/C=C\C/C=C\CCCCCCCC(=O)OC(COCCCCCCCCC/C=C\C/C=C\C/C=C\CCCCC)COP(=O)(O)OCC(O)CO. The van der Waals surface area contributed by atoms with Crippen LogP contribution in [0, 0.1) is 0 Å². The zero-order valence-corrected chi connectivity index (χ0v) is 39.9. The fraction of sp³-hybridized carbons (Fsp3) is 0.673. The maximum atomic E-state index is 12.7. The van der Waals surface area contributed by atoms with Crippen molar-refractivity contribution in [1.29, 1.82) is 0 Å². The summed E-state index contributed by atoms with van der Waals surface area (Å²) in [6.07, 6.45) is 60.7. The molecule has 3 atom stereocenters. The predicted molar refractivity (Wildman–Crippen MR) is 260 cm³/mol. The van der Waals surface area contributed by atoms with Crippen LogP contribution >= 0.6 is 7.82 Å². The van der Waals surface area contributed by atoms with Crippen LogP contribution in [0.1, 0.15) is 181 Å². The first-order valence-electron chi connectivity index (χ1n) is 24.2. The first-order chi connectivity index (χ1) is 30.3. The highest BCUT2D eigenvalue weighted by atomic mass is 31.2. The molecule has 0 spiro atoms. The number of esters is 1. The summed E-state index contributed by atoms with van der Waals surface area (Å²) in [4.78, 5) is 22.7. The molecule has 62 heavy (non-hydrogen) atoms. The second kappa shape index (κ2) is 47.8. The fourth-order valence-corrected chi connectivity index (χ4v) is 6.88. The minimum atomic E-state index is -4.54. The lowest BCUT2D eigenvalue weighted by molar-refractivity contribution is -0.154. The quantitative estimate of drug-likeness (QED) is 0.0237. The van der Waals surface area contributed by atoms with E-state index < -0.39 is 45.8 Å². The Morgan fingerprint density at radius 1 is 0.516 bits per heavy atom. The van der Waals surface area contributed by atoms with E-state index in [-0.39, 0.29) is 13.0 Å². The molecule has 0 fully saturated rings. The third kappa shape index (κ3) is 46.9. The van der Waals surface area contributed by atoms with Gasteiger partial charge in [0.15, 0.2) is 0 Å². The topological polar surface area (TPSA) is 132 Å². The number of hydrogen-bond donors (Lipinski definition) is 3. The van der Waals surface area contributed by atoms with Crippen molar-refractivity contribution in [2.45, 2.75) is 193 Å². The minimum Gasteiger partial charge on any atom is -0.457 e. The van der Waals surface area contributed by atoms with Gasteiger partial charge < -0.3 is 24.6 Å². The van der Waals surface area contributed by atoms with Crippen molar-refractivity contribution < 1.29 is 43.0 Å². The number of unbranched alkanes of at least 4 members (excludes halogenated alkanes) is 15. The number of rotatable bonds is 45. The number of carbonyl (C=O) groups is 1. The van der Waals surface area contributed by atoms with Gasteiger partial charge in [-0.2, -0.15) is 0 Å². The molecule has 0 aromatic carbocycles. The van der Waals surface area contributed by atoms with Gasteiger partial charge in [-0.1, -0.05) is 175 Å². The molecule has 0 saturated heterocycles. The van der Waals surface area contributed by atoms with Gasteiger partial charge in [-0.25, -0.2) is 4.57 Å².